The molecular weight excluding hydrogens is 316 g/mol. The van der Waals surface area contributed by atoms with E-state index in [1.807, 2.05) is 24.3 Å². The summed E-state index contributed by atoms with van der Waals surface area (Å²) in [7, 11) is 1.69. The zero-order valence-corrected chi connectivity index (χ0v) is 16.5. The molecule has 0 saturated heterocycles. The molecule has 0 aromatic heterocycles. The van der Waals surface area contributed by atoms with E-state index >= 15 is 0 Å². The second-order valence-corrected chi connectivity index (χ2v) is 6.63. The molecule has 0 fully saturated rings. The highest BCUT2D eigenvalue weighted by Crippen LogP contribution is 2.23. The van der Waals surface area contributed by atoms with Gasteiger partial charge in [-0.2, -0.15) is 0 Å². The lowest BCUT2D eigenvalue weighted by molar-refractivity contribution is 0.391. The third kappa shape index (κ3) is 8.00. The van der Waals surface area contributed by atoms with Gasteiger partial charge >= 0.3 is 0 Å². The van der Waals surface area contributed by atoms with E-state index in [4.69, 9.17) is 17.0 Å². The largest absolute Gasteiger partial charge is 0.495 e. The Bertz CT molecular complexity index is 453. The number of benzene rings is 1. The summed E-state index contributed by atoms with van der Waals surface area (Å²) in [4.78, 5) is 2.33. The molecule has 0 radical (unpaired) electrons. The van der Waals surface area contributed by atoms with E-state index in [1.54, 1.807) is 7.11 Å². The fourth-order valence-electron chi connectivity index (χ4n) is 2.72. The van der Waals surface area contributed by atoms with E-state index in [1.165, 1.54) is 51.4 Å². The van der Waals surface area contributed by atoms with E-state index in [2.05, 4.69) is 24.1 Å². The Labute approximate surface area is 153 Å². The highest BCUT2D eigenvalue weighted by atomic mass is 32.1. The van der Waals surface area contributed by atoms with Gasteiger partial charge in [-0.15, -0.1) is 0 Å². The molecular formula is C20H34N2OS. The molecule has 0 aliphatic heterocycles. The molecule has 0 aliphatic carbocycles. The topological polar surface area (TPSA) is 24.5 Å². The Balaban J connectivity index is 2.59. The minimum atomic E-state index is 0.812. The number of hydrogen-bond acceptors (Lipinski definition) is 2. The Morgan fingerprint density at radius 3 is 2.08 bits per heavy atom. The van der Waals surface area contributed by atoms with Crippen LogP contribution in [0.25, 0.3) is 0 Å². The molecule has 1 N–H and O–H groups in total. The SMILES string of the molecule is CCCCCCN(CCCCCC)C(=S)Nc1ccccc1OC. The summed E-state index contributed by atoms with van der Waals surface area (Å²) in [5, 5.41) is 4.19. The van der Waals surface area contributed by atoms with Gasteiger partial charge in [0.2, 0.25) is 0 Å². The fraction of sp³-hybridized carbons (Fsp3) is 0.650. The quantitative estimate of drug-likeness (QED) is 0.377. The predicted molar refractivity (Wildman–Crippen MR) is 109 cm³/mol. The first-order chi connectivity index (χ1) is 11.7. The van der Waals surface area contributed by atoms with Crippen LogP contribution in [0.1, 0.15) is 65.2 Å². The van der Waals surface area contributed by atoms with E-state index in [0.29, 0.717) is 0 Å². The van der Waals surface area contributed by atoms with Gasteiger partial charge < -0.3 is 15.0 Å². The molecule has 1 rings (SSSR count). The summed E-state index contributed by atoms with van der Waals surface area (Å²) in [6, 6.07) is 7.94. The molecule has 0 aliphatic rings. The third-order valence-electron chi connectivity index (χ3n) is 4.20. The number of unbranched alkanes of at least 4 members (excludes halogenated alkanes) is 6. The summed E-state index contributed by atoms with van der Waals surface area (Å²) < 4.78 is 5.41. The third-order valence-corrected chi connectivity index (χ3v) is 4.56. The predicted octanol–water partition coefficient (Wildman–Crippen LogP) is 5.85. The van der Waals surface area contributed by atoms with Crippen molar-refractivity contribution in [2.24, 2.45) is 0 Å². The van der Waals surface area contributed by atoms with Crippen LogP contribution in [-0.2, 0) is 0 Å². The lowest BCUT2D eigenvalue weighted by atomic mass is 10.2. The number of anilines is 1. The van der Waals surface area contributed by atoms with E-state index in [0.717, 1.165) is 29.6 Å². The van der Waals surface area contributed by atoms with Crippen molar-refractivity contribution >= 4 is 23.0 Å². The van der Waals surface area contributed by atoms with Crippen LogP contribution in [-0.4, -0.2) is 30.2 Å². The van der Waals surface area contributed by atoms with Crippen molar-refractivity contribution in [2.45, 2.75) is 65.2 Å². The Morgan fingerprint density at radius 1 is 0.958 bits per heavy atom. The van der Waals surface area contributed by atoms with E-state index < -0.39 is 0 Å². The van der Waals surface area contributed by atoms with Gasteiger partial charge in [-0.1, -0.05) is 64.5 Å². The highest BCUT2D eigenvalue weighted by molar-refractivity contribution is 7.80. The van der Waals surface area contributed by atoms with Crippen LogP contribution < -0.4 is 10.1 Å². The van der Waals surface area contributed by atoms with Crippen LogP contribution >= 0.6 is 12.2 Å². The molecule has 0 bridgehead atoms. The number of hydrogen-bond donors (Lipinski definition) is 1. The van der Waals surface area contributed by atoms with Gasteiger partial charge in [-0.3, -0.25) is 0 Å². The maximum absolute atomic E-state index is 5.68. The van der Waals surface area contributed by atoms with E-state index in [-0.39, 0.29) is 0 Å². The van der Waals surface area contributed by atoms with Gasteiger partial charge in [0.25, 0.3) is 0 Å². The molecule has 24 heavy (non-hydrogen) atoms. The van der Waals surface area contributed by atoms with Crippen LogP contribution in [0.5, 0.6) is 5.75 Å². The minimum absolute atomic E-state index is 0.812. The maximum atomic E-state index is 5.68. The Morgan fingerprint density at radius 2 is 1.54 bits per heavy atom. The van der Waals surface area contributed by atoms with Gasteiger partial charge in [0.15, 0.2) is 5.11 Å². The summed E-state index contributed by atoms with van der Waals surface area (Å²) in [5.41, 5.74) is 0.942. The second-order valence-electron chi connectivity index (χ2n) is 6.24. The standard InChI is InChI=1S/C20H34N2OS/c1-4-6-8-12-16-22(17-13-9-7-5-2)20(24)21-18-14-10-11-15-19(18)23-3/h10-11,14-15H,4-9,12-13,16-17H2,1-3H3,(H,21,24). The number of rotatable bonds is 12. The smallest absolute Gasteiger partial charge is 0.173 e. The number of ether oxygens (including phenoxy) is 1. The normalized spacial score (nSPS) is 10.5. The molecule has 0 unspecified atom stereocenters. The summed E-state index contributed by atoms with van der Waals surface area (Å²) >= 11 is 5.68. The van der Waals surface area contributed by atoms with Crippen molar-refractivity contribution in [1.82, 2.24) is 4.90 Å². The summed E-state index contributed by atoms with van der Waals surface area (Å²) in [5.74, 6) is 0.830. The van der Waals surface area contributed by atoms with Crippen LogP contribution in [0.3, 0.4) is 0 Å². The molecule has 136 valence electrons. The molecule has 4 heteroatoms. The van der Waals surface area contributed by atoms with Crippen molar-refractivity contribution in [2.75, 3.05) is 25.5 Å². The molecule has 0 atom stereocenters. The van der Waals surface area contributed by atoms with E-state index in [9.17, 15) is 0 Å². The fourth-order valence-corrected chi connectivity index (χ4v) is 3.01. The summed E-state index contributed by atoms with van der Waals surface area (Å²) in [6.45, 7) is 6.56. The molecule has 3 nitrogen and oxygen atoms in total. The molecule has 0 heterocycles. The zero-order valence-electron chi connectivity index (χ0n) is 15.6. The first-order valence-corrected chi connectivity index (χ1v) is 9.82. The number of methoxy groups -OCH3 is 1. The molecule has 0 saturated carbocycles. The lowest BCUT2D eigenvalue weighted by Gasteiger charge is -2.26. The molecule has 0 amide bonds. The van der Waals surface area contributed by atoms with Gasteiger partial charge in [-0.25, -0.2) is 0 Å². The maximum Gasteiger partial charge on any atom is 0.173 e. The van der Waals surface area contributed by atoms with Crippen molar-refractivity contribution in [3.05, 3.63) is 24.3 Å². The van der Waals surface area contributed by atoms with Gasteiger partial charge in [0.05, 0.1) is 12.8 Å². The molecule has 1 aromatic carbocycles. The van der Waals surface area contributed by atoms with Crippen molar-refractivity contribution < 1.29 is 4.74 Å². The summed E-state index contributed by atoms with van der Waals surface area (Å²) in [6.07, 6.45) is 10.1. The average Bonchev–Trinajstić information content (AvgIpc) is 2.60. The minimum Gasteiger partial charge on any atom is -0.495 e. The van der Waals surface area contributed by atoms with Gasteiger partial charge in [0.1, 0.15) is 5.75 Å². The van der Waals surface area contributed by atoms with Gasteiger partial charge in [-0.05, 0) is 37.2 Å². The van der Waals surface area contributed by atoms with Crippen molar-refractivity contribution in [3.8, 4) is 5.75 Å². The average molecular weight is 351 g/mol. The molecule has 1 aromatic rings. The Kier molecular flexibility index (Phi) is 11.3. The second kappa shape index (κ2) is 13.1. The molecule has 0 spiro atoms. The van der Waals surface area contributed by atoms with Crippen LogP contribution in [0.4, 0.5) is 5.69 Å². The number of thiocarbonyl (C=S) groups is 1. The van der Waals surface area contributed by atoms with Crippen molar-refractivity contribution in [1.29, 1.82) is 0 Å². The number of nitrogens with one attached hydrogen (secondary N) is 1. The van der Waals surface area contributed by atoms with Crippen LogP contribution in [0.2, 0.25) is 0 Å². The highest BCUT2D eigenvalue weighted by Gasteiger charge is 2.11. The first-order valence-electron chi connectivity index (χ1n) is 9.41. The lowest BCUT2D eigenvalue weighted by Crippen LogP contribution is -2.36. The first kappa shape index (κ1) is 20.8. The van der Waals surface area contributed by atoms with Crippen molar-refractivity contribution in [3.63, 3.8) is 0 Å². The number of nitrogens with zero attached hydrogens (tertiary/aromatic N) is 1. The monoisotopic (exact) mass is 350 g/mol. The number of para-hydroxylation sites is 2. The van der Waals surface area contributed by atoms with Gasteiger partial charge in [0, 0.05) is 13.1 Å². The van der Waals surface area contributed by atoms with Crippen LogP contribution in [0, 0.1) is 0 Å². The zero-order chi connectivity index (χ0) is 17.6. The van der Waals surface area contributed by atoms with Crippen LogP contribution in [0.15, 0.2) is 24.3 Å². The Hall–Kier alpha value is -1.29.